The van der Waals surface area contributed by atoms with Gasteiger partial charge >= 0.3 is 0 Å². The van der Waals surface area contributed by atoms with Crippen molar-refractivity contribution in [2.45, 2.75) is 44.9 Å². The van der Waals surface area contributed by atoms with Crippen LogP contribution in [0.15, 0.2) is 24.3 Å². The summed E-state index contributed by atoms with van der Waals surface area (Å²) in [5, 5.41) is 0. The fourth-order valence-electron chi connectivity index (χ4n) is 3.93. The van der Waals surface area contributed by atoms with Crippen molar-refractivity contribution < 1.29 is 4.79 Å². The molecule has 2 aliphatic rings. The first-order valence-corrected chi connectivity index (χ1v) is 9.11. The van der Waals surface area contributed by atoms with Gasteiger partial charge in [-0.3, -0.25) is 4.79 Å². The first-order valence-electron chi connectivity index (χ1n) is 9.11. The van der Waals surface area contributed by atoms with Crippen molar-refractivity contribution in [3.8, 4) is 0 Å². The van der Waals surface area contributed by atoms with Crippen molar-refractivity contribution in [2.75, 3.05) is 36.8 Å². The SMILES string of the molecule is Nc1ccccc1N1CCN(C(=O)CCC2CCCCC2)CC1. The van der Waals surface area contributed by atoms with Crippen LogP contribution >= 0.6 is 0 Å². The molecule has 1 aliphatic carbocycles. The van der Waals surface area contributed by atoms with Crippen LogP contribution in [0.1, 0.15) is 44.9 Å². The maximum atomic E-state index is 12.4. The van der Waals surface area contributed by atoms with E-state index in [0.29, 0.717) is 5.91 Å². The highest BCUT2D eigenvalue weighted by Gasteiger charge is 2.23. The second-order valence-corrected chi connectivity index (χ2v) is 6.97. The number of anilines is 2. The fraction of sp³-hybridized carbons (Fsp3) is 0.632. The van der Waals surface area contributed by atoms with Crippen LogP contribution in [-0.2, 0) is 4.79 Å². The summed E-state index contributed by atoms with van der Waals surface area (Å²) in [5.74, 6) is 1.13. The molecule has 4 heteroatoms. The molecule has 1 aromatic carbocycles. The van der Waals surface area contributed by atoms with E-state index in [1.54, 1.807) is 0 Å². The largest absolute Gasteiger partial charge is 0.397 e. The first kappa shape index (κ1) is 16.2. The number of nitrogens with zero attached hydrogens (tertiary/aromatic N) is 2. The summed E-state index contributed by atoms with van der Waals surface area (Å²) in [4.78, 5) is 16.8. The molecule has 0 radical (unpaired) electrons. The Hall–Kier alpha value is -1.71. The second-order valence-electron chi connectivity index (χ2n) is 6.97. The molecule has 0 aromatic heterocycles. The quantitative estimate of drug-likeness (QED) is 0.868. The van der Waals surface area contributed by atoms with Crippen molar-refractivity contribution in [3.05, 3.63) is 24.3 Å². The van der Waals surface area contributed by atoms with Crippen LogP contribution in [0.3, 0.4) is 0 Å². The number of hydrogen-bond donors (Lipinski definition) is 1. The predicted octanol–water partition coefficient (Wildman–Crippen LogP) is 3.28. The van der Waals surface area contributed by atoms with Gasteiger partial charge in [-0.1, -0.05) is 44.2 Å². The molecule has 0 unspecified atom stereocenters. The number of amides is 1. The Morgan fingerprint density at radius 3 is 2.43 bits per heavy atom. The van der Waals surface area contributed by atoms with Crippen molar-refractivity contribution in [1.82, 2.24) is 4.90 Å². The van der Waals surface area contributed by atoms with E-state index < -0.39 is 0 Å². The summed E-state index contributed by atoms with van der Waals surface area (Å²) in [7, 11) is 0. The molecular formula is C19H29N3O. The number of nitrogens with two attached hydrogens (primary N) is 1. The molecule has 0 spiro atoms. The monoisotopic (exact) mass is 315 g/mol. The Morgan fingerprint density at radius 1 is 1.04 bits per heavy atom. The molecule has 2 fully saturated rings. The molecular weight excluding hydrogens is 286 g/mol. The number of rotatable bonds is 4. The number of carbonyl (C=O) groups excluding carboxylic acids is 1. The molecule has 126 valence electrons. The molecule has 2 N–H and O–H groups in total. The average molecular weight is 315 g/mol. The van der Waals surface area contributed by atoms with Crippen LogP contribution < -0.4 is 10.6 Å². The summed E-state index contributed by atoms with van der Waals surface area (Å²) in [6.07, 6.45) is 8.58. The maximum Gasteiger partial charge on any atom is 0.222 e. The Kier molecular flexibility index (Phi) is 5.42. The van der Waals surface area contributed by atoms with Gasteiger partial charge in [0.1, 0.15) is 0 Å². The third-order valence-corrected chi connectivity index (χ3v) is 5.40. The van der Waals surface area contributed by atoms with Crippen LogP contribution in [0.5, 0.6) is 0 Å². The number of carbonyl (C=O) groups is 1. The third kappa shape index (κ3) is 4.18. The summed E-state index contributed by atoms with van der Waals surface area (Å²) >= 11 is 0. The molecule has 1 heterocycles. The lowest BCUT2D eigenvalue weighted by Crippen LogP contribution is -2.49. The second kappa shape index (κ2) is 7.71. The smallest absolute Gasteiger partial charge is 0.222 e. The molecule has 0 bridgehead atoms. The molecule has 4 nitrogen and oxygen atoms in total. The highest BCUT2D eigenvalue weighted by Crippen LogP contribution is 2.28. The van der Waals surface area contributed by atoms with E-state index in [2.05, 4.69) is 11.0 Å². The molecule has 1 aromatic rings. The zero-order valence-corrected chi connectivity index (χ0v) is 14.0. The van der Waals surface area contributed by atoms with Gasteiger partial charge in [0.2, 0.25) is 5.91 Å². The molecule has 3 rings (SSSR count). The predicted molar refractivity (Wildman–Crippen MR) is 95.5 cm³/mol. The van der Waals surface area contributed by atoms with Gasteiger partial charge in [-0.25, -0.2) is 0 Å². The average Bonchev–Trinajstić information content (AvgIpc) is 2.61. The highest BCUT2D eigenvalue weighted by molar-refractivity contribution is 5.77. The standard InChI is InChI=1S/C19H29N3O/c20-17-8-4-5-9-18(17)21-12-14-22(15-13-21)19(23)11-10-16-6-2-1-3-7-16/h4-5,8-9,16H,1-3,6-7,10-15,20H2. The third-order valence-electron chi connectivity index (χ3n) is 5.40. The minimum Gasteiger partial charge on any atom is -0.397 e. The van der Waals surface area contributed by atoms with E-state index in [0.717, 1.165) is 56.3 Å². The van der Waals surface area contributed by atoms with E-state index in [4.69, 9.17) is 5.73 Å². The van der Waals surface area contributed by atoms with Gasteiger partial charge in [0, 0.05) is 32.6 Å². The normalized spacial score (nSPS) is 19.8. The van der Waals surface area contributed by atoms with Crippen LogP contribution in [0.2, 0.25) is 0 Å². The lowest BCUT2D eigenvalue weighted by Gasteiger charge is -2.37. The molecule has 1 aliphatic heterocycles. The van der Waals surface area contributed by atoms with Gasteiger partial charge in [-0.15, -0.1) is 0 Å². The van der Waals surface area contributed by atoms with E-state index in [9.17, 15) is 4.79 Å². The van der Waals surface area contributed by atoms with Gasteiger partial charge < -0.3 is 15.5 Å². The van der Waals surface area contributed by atoms with Crippen LogP contribution in [0.25, 0.3) is 0 Å². The molecule has 1 saturated carbocycles. The molecule has 1 saturated heterocycles. The van der Waals surface area contributed by atoms with Gasteiger partial charge in [0.05, 0.1) is 11.4 Å². The van der Waals surface area contributed by atoms with Gasteiger partial charge in [0.25, 0.3) is 0 Å². The lowest BCUT2D eigenvalue weighted by molar-refractivity contribution is -0.131. The molecule has 0 atom stereocenters. The maximum absolute atomic E-state index is 12.4. The lowest BCUT2D eigenvalue weighted by atomic mass is 9.86. The number of hydrogen-bond acceptors (Lipinski definition) is 3. The van der Waals surface area contributed by atoms with E-state index in [-0.39, 0.29) is 0 Å². The Balaban J connectivity index is 1.45. The van der Waals surface area contributed by atoms with Crippen molar-refractivity contribution in [3.63, 3.8) is 0 Å². The molecule has 1 amide bonds. The number of para-hydroxylation sites is 2. The van der Waals surface area contributed by atoms with Gasteiger partial charge in [-0.2, -0.15) is 0 Å². The minimum atomic E-state index is 0.344. The van der Waals surface area contributed by atoms with Gasteiger partial charge in [0.15, 0.2) is 0 Å². The zero-order chi connectivity index (χ0) is 16.1. The summed E-state index contributed by atoms with van der Waals surface area (Å²) < 4.78 is 0. The fourth-order valence-corrected chi connectivity index (χ4v) is 3.93. The first-order chi connectivity index (χ1) is 11.2. The zero-order valence-electron chi connectivity index (χ0n) is 14.0. The summed E-state index contributed by atoms with van der Waals surface area (Å²) in [6, 6.07) is 7.99. The number of nitrogen functional groups attached to an aromatic ring is 1. The topological polar surface area (TPSA) is 49.6 Å². The highest BCUT2D eigenvalue weighted by atomic mass is 16.2. The van der Waals surface area contributed by atoms with Crippen LogP contribution in [-0.4, -0.2) is 37.0 Å². The number of benzene rings is 1. The van der Waals surface area contributed by atoms with Crippen LogP contribution in [0, 0.1) is 5.92 Å². The summed E-state index contributed by atoms with van der Waals surface area (Å²) in [6.45, 7) is 3.39. The Bertz CT molecular complexity index is 517. The van der Waals surface area contributed by atoms with Crippen molar-refractivity contribution >= 4 is 17.3 Å². The van der Waals surface area contributed by atoms with E-state index in [1.807, 2.05) is 23.1 Å². The van der Waals surface area contributed by atoms with E-state index >= 15 is 0 Å². The van der Waals surface area contributed by atoms with Crippen LogP contribution in [0.4, 0.5) is 11.4 Å². The summed E-state index contributed by atoms with van der Waals surface area (Å²) in [5.41, 5.74) is 7.98. The Morgan fingerprint density at radius 2 is 1.74 bits per heavy atom. The Labute approximate surface area is 139 Å². The van der Waals surface area contributed by atoms with Gasteiger partial charge in [-0.05, 0) is 24.5 Å². The molecule has 23 heavy (non-hydrogen) atoms. The minimum absolute atomic E-state index is 0.344. The number of piperazine rings is 1. The van der Waals surface area contributed by atoms with Crippen molar-refractivity contribution in [2.24, 2.45) is 5.92 Å². The van der Waals surface area contributed by atoms with E-state index in [1.165, 1.54) is 32.1 Å². The van der Waals surface area contributed by atoms with Crippen molar-refractivity contribution in [1.29, 1.82) is 0 Å².